The van der Waals surface area contributed by atoms with Crippen molar-refractivity contribution in [2.24, 2.45) is 11.8 Å². The first-order chi connectivity index (χ1) is 15.8. The number of carbonyl (C=O) groups excluding carboxylic acids is 2. The van der Waals surface area contributed by atoms with Crippen LogP contribution in [0.4, 0.5) is 0 Å². The van der Waals surface area contributed by atoms with Gasteiger partial charge in [0.15, 0.2) is 0 Å². The number of terminal acetylenes is 1. The van der Waals surface area contributed by atoms with Crippen molar-refractivity contribution in [1.29, 1.82) is 0 Å². The molecule has 3 heterocycles. The Morgan fingerprint density at radius 1 is 1.18 bits per heavy atom. The first-order valence-electron chi connectivity index (χ1n) is 11.2. The van der Waals surface area contributed by atoms with E-state index in [1.807, 2.05) is 30.9 Å². The number of pyridine rings is 1. The fourth-order valence-electron chi connectivity index (χ4n) is 4.70. The van der Waals surface area contributed by atoms with Crippen LogP contribution in [-0.2, 0) is 9.59 Å². The number of hydrogen-bond acceptors (Lipinski definition) is 4. The zero-order valence-corrected chi connectivity index (χ0v) is 19.9. The average Bonchev–Trinajstić information content (AvgIpc) is 3.20. The van der Waals surface area contributed by atoms with E-state index in [2.05, 4.69) is 17.0 Å². The molecule has 2 aliphatic heterocycles. The van der Waals surface area contributed by atoms with Gasteiger partial charge in [-0.2, -0.15) is 0 Å². The van der Waals surface area contributed by atoms with Crippen LogP contribution in [0, 0.1) is 31.1 Å². The van der Waals surface area contributed by atoms with Crippen molar-refractivity contribution in [3.05, 3.63) is 58.2 Å². The number of likely N-dealkylation sites (tertiary alicyclic amines) is 2. The largest absolute Gasteiger partial charge is 0.474 e. The molecule has 6 nitrogen and oxygen atoms in total. The van der Waals surface area contributed by atoms with Gasteiger partial charge in [0.05, 0.1) is 5.92 Å². The Hall–Kier alpha value is -3.04. The van der Waals surface area contributed by atoms with Gasteiger partial charge in [0, 0.05) is 67.8 Å². The standard InChI is InChI=1S/C26H28ClN3O3/c1-5-19-6-9-25(28-11-19)33-17(3)22-14-30(26(32)21-12-29(13-21)18(4)31)15-23(22)20-7-8-24(27)16(2)10-20/h1,6-11,17,21-23H,12-15H2,2-4H3/t17-,22?,23+/m0/s1. The molecule has 172 valence electrons. The zero-order chi connectivity index (χ0) is 23.7. The Balaban J connectivity index is 1.53. The number of benzene rings is 1. The molecule has 4 rings (SSSR count). The molecule has 0 radical (unpaired) electrons. The molecule has 33 heavy (non-hydrogen) atoms. The lowest BCUT2D eigenvalue weighted by atomic mass is 9.85. The van der Waals surface area contributed by atoms with Gasteiger partial charge in [0.1, 0.15) is 6.10 Å². The van der Waals surface area contributed by atoms with E-state index in [-0.39, 0.29) is 35.7 Å². The van der Waals surface area contributed by atoms with Gasteiger partial charge < -0.3 is 14.5 Å². The molecular formula is C26H28ClN3O3. The van der Waals surface area contributed by atoms with Gasteiger partial charge in [0.25, 0.3) is 0 Å². The summed E-state index contributed by atoms with van der Waals surface area (Å²) in [5.74, 6) is 3.23. The highest BCUT2D eigenvalue weighted by Gasteiger charge is 2.44. The van der Waals surface area contributed by atoms with Crippen molar-refractivity contribution < 1.29 is 14.3 Å². The highest BCUT2D eigenvalue weighted by atomic mass is 35.5. The highest BCUT2D eigenvalue weighted by molar-refractivity contribution is 6.31. The van der Waals surface area contributed by atoms with Crippen LogP contribution < -0.4 is 4.74 Å². The Labute approximate surface area is 199 Å². The second-order valence-corrected chi connectivity index (χ2v) is 9.40. The van der Waals surface area contributed by atoms with E-state index in [4.69, 9.17) is 22.8 Å². The number of amides is 2. The van der Waals surface area contributed by atoms with Crippen LogP contribution in [0.5, 0.6) is 5.88 Å². The smallest absolute Gasteiger partial charge is 0.229 e. The lowest BCUT2D eigenvalue weighted by Gasteiger charge is -2.39. The lowest BCUT2D eigenvalue weighted by Crippen LogP contribution is -2.55. The molecule has 2 aliphatic rings. The maximum absolute atomic E-state index is 13.2. The molecule has 1 aromatic carbocycles. The fourth-order valence-corrected chi connectivity index (χ4v) is 4.82. The van der Waals surface area contributed by atoms with Crippen molar-refractivity contribution in [1.82, 2.24) is 14.8 Å². The Morgan fingerprint density at radius 2 is 1.94 bits per heavy atom. The van der Waals surface area contributed by atoms with Gasteiger partial charge in [-0.05, 0) is 37.1 Å². The van der Waals surface area contributed by atoms with Crippen molar-refractivity contribution in [3.8, 4) is 18.2 Å². The quantitative estimate of drug-likeness (QED) is 0.634. The van der Waals surface area contributed by atoms with Gasteiger partial charge in [0.2, 0.25) is 17.7 Å². The Bertz CT molecular complexity index is 1090. The van der Waals surface area contributed by atoms with Gasteiger partial charge in [-0.25, -0.2) is 4.98 Å². The predicted molar refractivity (Wildman–Crippen MR) is 127 cm³/mol. The minimum atomic E-state index is -0.178. The van der Waals surface area contributed by atoms with Crippen LogP contribution >= 0.6 is 11.6 Å². The highest BCUT2D eigenvalue weighted by Crippen LogP contribution is 2.38. The van der Waals surface area contributed by atoms with E-state index in [1.54, 1.807) is 23.2 Å². The number of hydrogen-bond donors (Lipinski definition) is 0. The lowest BCUT2D eigenvalue weighted by molar-refractivity contribution is -0.146. The van der Waals surface area contributed by atoms with E-state index in [0.29, 0.717) is 37.6 Å². The van der Waals surface area contributed by atoms with Crippen LogP contribution in [-0.4, -0.2) is 58.9 Å². The summed E-state index contributed by atoms with van der Waals surface area (Å²) in [6, 6.07) is 9.62. The minimum absolute atomic E-state index is 0.0123. The van der Waals surface area contributed by atoms with Crippen LogP contribution in [0.25, 0.3) is 0 Å². The number of carbonyl (C=O) groups is 2. The molecule has 1 aromatic heterocycles. The van der Waals surface area contributed by atoms with Crippen molar-refractivity contribution in [3.63, 3.8) is 0 Å². The molecule has 2 saturated heterocycles. The number of halogens is 1. The van der Waals surface area contributed by atoms with Crippen molar-refractivity contribution in [2.75, 3.05) is 26.2 Å². The molecule has 2 aromatic rings. The first kappa shape index (κ1) is 23.1. The van der Waals surface area contributed by atoms with Crippen LogP contribution in [0.15, 0.2) is 36.5 Å². The molecule has 1 unspecified atom stereocenters. The second kappa shape index (κ2) is 9.44. The van der Waals surface area contributed by atoms with E-state index >= 15 is 0 Å². The SMILES string of the molecule is C#Cc1ccc(O[C@@H](C)C2CN(C(=O)C3CN(C(C)=O)C3)C[C@@H]2c2ccc(Cl)c(C)c2)nc1. The molecule has 0 spiro atoms. The minimum Gasteiger partial charge on any atom is -0.474 e. The van der Waals surface area contributed by atoms with Gasteiger partial charge in [-0.3, -0.25) is 9.59 Å². The summed E-state index contributed by atoms with van der Waals surface area (Å²) in [6.07, 6.45) is 6.85. The molecule has 2 fully saturated rings. The summed E-state index contributed by atoms with van der Waals surface area (Å²) in [7, 11) is 0. The first-order valence-corrected chi connectivity index (χ1v) is 11.5. The summed E-state index contributed by atoms with van der Waals surface area (Å²) >= 11 is 6.26. The molecule has 0 N–H and O–H groups in total. The van der Waals surface area contributed by atoms with Crippen molar-refractivity contribution >= 4 is 23.4 Å². The normalized spacial score (nSPS) is 21.3. The van der Waals surface area contributed by atoms with Crippen molar-refractivity contribution in [2.45, 2.75) is 32.8 Å². The topological polar surface area (TPSA) is 62.7 Å². The van der Waals surface area contributed by atoms with Crippen LogP contribution in [0.1, 0.15) is 36.5 Å². The van der Waals surface area contributed by atoms with E-state index in [1.165, 1.54) is 6.92 Å². The molecular weight excluding hydrogens is 438 g/mol. The molecule has 0 saturated carbocycles. The number of nitrogens with zero attached hydrogens (tertiary/aromatic N) is 3. The monoisotopic (exact) mass is 465 g/mol. The Kier molecular flexibility index (Phi) is 6.62. The number of aryl methyl sites for hydroxylation is 1. The molecule has 0 bridgehead atoms. The molecule has 7 heteroatoms. The third-order valence-electron chi connectivity index (χ3n) is 6.78. The molecule has 0 aliphatic carbocycles. The van der Waals surface area contributed by atoms with E-state index in [9.17, 15) is 9.59 Å². The average molecular weight is 466 g/mol. The van der Waals surface area contributed by atoms with E-state index in [0.717, 1.165) is 16.1 Å². The second-order valence-electron chi connectivity index (χ2n) is 9.00. The maximum atomic E-state index is 13.2. The predicted octanol–water partition coefficient (Wildman–Crippen LogP) is 3.51. The third kappa shape index (κ3) is 4.84. The van der Waals surface area contributed by atoms with Gasteiger partial charge >= 0.3 is 0 Å². The summed E-state index contributed by atoms with van der Waals surface area (Å²) in [6.45, 7) is 7.74. The zero-order valence-electron chi connectivity index (χ0n) is 19.1. The number of ether oxygens (including phenoxy) is 1. The van der Waals surface area contributed by atoms with Crippen LogP contribution in [0.2, 0.25) is 5.02 Å². The Morgan fingerprint density at radius 3 is 2.55 bits per heavy atom. The molecule has 3 atom stereocenters. The summed E-state index contributed by atoms with van der Waals surface area (Å²) in [5, 5.41) is 0.724. The number of rotatable bonds is 5. The summed E-state index contributed by atoms with van der Waals surface area (Å²) < 4.78 is 6.18. The number of aromatic nitrogens is 1. The van der Waals surface area contributed by atoms with E-state index < -0.39 is 0 Å². The fraction of sp³-hybridized carbons (Fsp3) is 0.423. The van der Waals surface area contributed by atoms with Crippen LogP contribution in [0.3, 0.4) is 0 Å². The summed E-state index contributed by atoms with van der Waals surface area (Å²) in [5.41, 5.74) is 2.85. The maximum Gasteiger partial charge on any atom is 0.229 e. The third-order valence-corrected chi connectivity index (χ3v) is 7.20. The van der Waals surface area contributed by atoms with Gasteiger partial charge in [-0.15, -0.1) is 6.42 Å². The molecule has 2 amide bonds. The summed E-state index contributed by atoms with van der Waals surface area (Å²) in [4.78, 5) is 32.7. The van der Waals surface area contributed by atoms with Gasteiger partial charge in [-0.1, -0.05) is 29.7 Å².